The van der Waals surface area contributed by atoms with E-state index in [1.165, 1.54) is 18.4 Å². The first-order valence-electron chi connectivity index (χ1n) is 9.97. The van der Waals surface area contributed by atoms with Gasteiger partial charge >= 0.3 is 0 Å². The highest BCUT2D eigenvalue weighted by molar-refractivity contribution is 6.30. The van der Waals surface area contributed by atoms with Gasteiger partial charge in [0.15, 0.2) is 0 Å². The lowest BCUT2D eigenvalue weighted by Crippen LogP contribution is -2.35. The molecule has 2 heterocycles. The maximum atomic E-state index is 12.0. The topological polar surface area (TPSA) is 61.0 Å². The van der Waals surface area contributed by atoms with Crippen LogP contribution in [-0.2, 0) is 11.3 Å². The molecular weight excluding hydrogens is 360 g/mol. The van der Waals surface area contributed by atoms with E-state index in [1.54, 1.807) is 0 Å². The Kier molecular flexibility index (Phi) is 5.79. The third kappa shape index (κ3) is 5.11. The number of benzene rings is 1. The fourth-order valence-corrected chi connectivity index (χ4v) is 4.06. The molecule has 1 saturated heterocycles. The number of halogens is 1. The molecule has 1 aromatic carbocycles. The number of carbonyl (C=O) groups is 1. The molecule has 0 radical (unpaired) electrons. The van der Waals surface area contributed by atoms with Gasteiger partial charge in [-0.2, -0.15) is 5.10 Å². The largest absolute Gasteiger partial charge is 0.353 e. The van der Waals surface area contributed by atoms with Crippen molar-refractivity contribution in [1.82, 2.24) is 20.4 Å². The average Bonchev–Trinajstić information content (AvgIpc) is 3.37. The number of hydrogen-bond acceptors (Lipinski definition) is 3. The van der Waals surface area contributed by atoms with E-state index in [-0.39, 0.29) is 5.91 Å². The smallest absolute Gasteiger partial charge is 0.220 e. The Balaban J connectivity index is 1.32. The Morgan fingerprint density at radius 3 is 2.85 bits per heavy atom. The number of amides is 1. The predicted octanol–water partition coefficient (Wildman–Crippen LogP) is 4.00. The van der Waals surface area contributed by atoms with E-state index in [0.29, 0.717) is 18.4 Å². The highest BCUT2D eigenvalue weighted by Crippen LogP contribution is 2.27. The van der Waals surface area contributed by atoms with Crippen molar-refractivity contribution >= 4 is 17.5 Å². The Morgan fingerprint density at radius 1 is 1.26 bits per heavy atom. The molecule has 1 amide bonds. The molecular formula is C21H27ClN4O. The molecule has 2 aliphatic rings. The zero-order valence-electron chi connectivity index (χ0n) is 15.6. The first-order chi connectivity index (χ1) is 13.2. The van der Waals surface area contributed by atoms with Crippen molar-refractivity contribution in [2.75, 3.05) is 13.1 Å². The maximum Gasteiger partial charge on any atom is 0.220 e. The van der Waals surface area contributed by atoms with Crippen LogP contribution in [0.2, 0.25) is 5.02 Å². The van der Waals surface area contributed by atoms with Crippen molar-refractivity contribution in [2.24, 2.45) is 5.92 Å². The van der Waals surface area contributed by atoms with E-state index in [0.717, 1.165) is 55.2 Å². The van der Waals surface area contributed by atoms with Gasteiger partial charge in [-0.1, -0.05) is 23.7 Å². The van der Waals surface area contributed by atoms with E-state index in [2.05, 4.69) is 20.4 Å². The van der Waals surface area contributed by atoms with Crippen molar-refractivity contribution < 1.29 is 4.79 Å². The summed E-state index contributed by atoms with van der Waals surface area (Å²) in [7, 11) is 0. The molecule has 5 nitrogen and oxygen atoms in total. The first kappa shape index (κ1) is 18.5. The van der Waals surface area contributed by atoms with E-state index >= 15 is 0 Å². The van der Waals surface area contributed by atoms with Gasteiger partial charge in [0.25, 0.3) is 0 Å². The molecule has 4 rings (SSSR count). The van der Waals surface area contributed by atoms with Crippen LogP contribution in [0.1, 0.15) is 44.1 Å². The monoisotopic (exact) mass is 386 g/mol. The highest BCUT2D eigenvalue weighted by Gasteiger charge is 2.25. The molecule has 1 aromatic heterocycles. The number of nitrogens with zero attached hydrogens (tertiary/aromatic N) is 2. The summed E-state index contributed by atoms with van der Waals surface area (Å²) in [6.45, 7) is 3.05. The van der Waals surface area contributed by atoms with Gasteiger partial charge in [-0.3, -0.25) is 14.8 Å². The molecule has 0 unspecified atom stereocenters. The number of nitrogens with one attached hydrogen (secondary N) is 2. The minimum Gasteiger partial charge on any atom is -0.353 e. The second kappa shape index (κ2) is 8.44. The SMILES string of the molecule is O=C(CC[C@@H]1CCCN(Cc2cn[nH]c2-c2ccc(Cl)cc2)C1)NC1CC1. The van der Waals surface area contributed by atoms with Crippen LogP contribution in [0.3, 0.4) is 0 Å². The fraction of sp³-hybridized carbons (Fsp3) is 0.524. The van der Waals surface area contributed by atoms with E-state index in [9.17, 15) is 4.79 Å². The third-order valence-corrected chi connectivity index (χ3v) is 5.82. The fourth-order valence-electron chi connectivity index (χ4n) is 3.93. The molecule has 1 atom stereocenters. The van der Waals surface area contributed by atoms with Gasteiger partial charge in [0.2, 0.25) is 5.91 Å². The van der Waals surface area contributed by atoms with E-state index < -0.39 is 0 Å². The quantitative estimate of drug-likeness (QED) is 0.756. The Bertz CT molecular complexity index is 769. The molecule has 2 N–H and O–H groups in total. The molecule has 1 aliphatic heterocycles. The molecule has 144 valence electrons. The summed E-state index contributed by atoms with van der Waals surface area (Å²) in [4.78, 5) is 14.5. The first-order valence-corrected chi connectivity index (χ1v) is 10.3. The summed E-state index contributed by atoms with van der Waals surface area (Å²) in [6.07, 6.45) is 8.32. The van der Waals surface area contributed by atoms with Crippen LogP contribution in [-0.4, -0.2) is 40.1 Å². The minimum absolute atomic E-state index is 0.231. The van der Waals surface area contributed by atoms with Crippen LogP contribution < -0.4 is 5.32 Å². The number of hydrogen-bond donors (Lipinski definition) is 2. The number of rotatable bonds is 7. The lowest BCUT2D eigenvalue weighted by molar-refractivity contribution is -0.121. The minimum atomic E-state index is 0.231. The number of likely N-dealkylation sites (tertiary alicyclic amines) is 1. The van der Waals surface area contributed by atoms with E-state index in [1.807, 2.05) is 30.5 Å². The van der Waals surface area contributed by atoms with Crippen molar-refractivity contribution in [3.05, 3.63) is 41.0 Å². The zero-order chi connectivity index (χ0) is 18.6. The van der Waals surface area contributed by atoms with Crippen LogP contribution in [0.25, 0.3) is 11.3 Å². The van der Waals surface area contributed by atoms with Gasteiger partial charge in [-0.25, -0.2) is 0 Å². The molecule has 0 spiro atoms. The van der Waals surface area contributed by atoms with E-state index in [4.69, 9.17) is 11.6 Å². The van der Waals surface area contributed by atoms with Crippen molar-refractivity contribution in [2.45, 2.75) is 51.1 Å². The summed E-state index contributed by atoms with van der Waals surface area (Å²) in [5.41, 5.74) is 3.39. The van der Waals surface area contributed by atoms with Crippen LogP contribution in [0.4, 0.5) is 0 Å². The summed E-state index contributed by atoms with van der Waals surface area (Å²) in [5, 5.41) is 11.2. The summed E-state index contributed by atoms with van der Waals surface area (Å²) in [6, 6.07) is 8.33. The van der Waals surface area contributed by atoms with Gasteiger partial charge in [0, 0.05) is 36.1 Å². The van der Waals surface area contributed by atoms with Crippen LogP contribution in [0, 0.1) is 5.92 Å². The molecule has 2 aromatic rings. The lowest BCUT2D eigenvalue weighted by atomic mass is 9.93. The van der Waals surface area contributed by atoms with Crippen LogP contribution in [0.15, 0.2) is 30.5 Å². The van der Waals surface area contributed by atoms with Gasteiger partial charge in [-0.05, 0) is 62.3 Å². The molecule has 2 fully saturated rings. The van der Waals surface area contributed by atoms with Crippen LogP contribution >= 0.6 is 11.6 Å². The van der Waals surface area contributed by atoms with Gasteiger partial charge in [-0.15, -0.1) is 0 Å². The molecule has 0 bridgehead atoms. The number of aromatic amines is 1. The van der Waals surface area contributed by atoms with Crippen molar-refractivity contribution in [3.63, 3.8) is 0 Å². The number of H-pyrrole nitrogens is 1. The summed E-state index contributed by atoms with van der Waals surface area (Å²) in [5.74, 6) is 0.837. The number of aromatic nitrogens is 2. The van der Waals surface area contributed by atoms with Gasteiger partial charge in [0.1, 0.15) is 0 Å². The maximum absolute atomic E-state index is 12.0. The Labute approximate surface area is 165 Å². The number of carbonyl (C=O) groups excluding carboxylic acids is 1. The summed E-state index contributed by atoms with van der Waals surface area (Å²) >= 11 is 6.01. The van der Waals surface area contributed by atoms with Gasteiger partial charge < -0.3 is 5.32 Å². The normalized spacial score (nSPS) is 20.6. The molecule has 6 heteroatoms. The zero-order valence-corrected chi connectivity index (χ0v) is 16.3. The van der Waals surface area contributed by atoms with Crippen LogP contribution in [0.5, 0.6) is 0 Å². The molecule has 27 heavy (non-hydrogen) atoms. The highest BCUT2D eigenvalue weighted by atomic mass is 35.5. The Morgan fingerprint density at radius 2 is 2.07 bits per heavy atom. The molecule has 1 aliphatic carbocycles. The Hall–Kier alpha value is -1.85. The van der Waals surface area contributed by atoms with Crippen molar-refractivity contribution in [1.29, 1.82) is 0 Å². The standard InChI is InChI=1S/C21H27ClN4O/c22-18-6-4-16(5-7-18)21-17(12-23-25-21)14-26-11-1-2-15(13-26)3-10-20(27)24-19-8-9-19/h4-7,12,15,19H,1-3,8-11,13-14H2,(H,23,25)(H,24,27)/t15-/m0/s1. The molecule has 1 saturated carbocycles. The summed E-state index contributed by atoms with van der Waals surface area (Å²) < 4.78 is 0. The van der Waals surface area contributed by atoms with Gasteiger partial charge in [0.05, 0.1) is 11.9 Å². The average molecular weight is 387 g/mol. The second-order valence-electron chi connectivity index (χ2n) is 7.90. The lowest BCUT2D eigenvalue weighted by Gasteiger charge is -2.32. The second-order valence-corrected chi connectivity index (χ2v) is 8.34. The number of piperidine rings is 1. The van der Waals surface area contributed by atoms with Crippen molar-refractivity contribution in [3.8, 4) is 11.3 Å². The predicted molar refractivity (Wildman–Crippen MR) is 107 cm³/mol. The third-order valence-electron chi connectivity index (χ3n) is 5.57.